The summed E-state index contributed by atoms with van der Waals surface area (Å²) in [7, 11) is 1.71. The Balaban J connectivity index is 1.80. The molecule has 1 aliphatic carbocycles. The summed E-state index contributed by atoms with van der Waals surface area (Å²) in [5.74, 6) is 1.60. The Morgan fingerprint density at radius 1 is 1.17 bits per heavy atom. The minimum Gasteiger partial charge on any atom is -0.380 e. The van der Waals surface area contributed by atoms with Crippen molar-refractivity contribution < 1.29 is 9.53 Å². The van der Waals surface area contributed by atoms with Crippen LogP contribution in [0.25, 0.3) is 0 Å². The van der Waals surface area contributed by atoms with Crippen molar-refractivity contribution in [2.24, 2.45) is 11.8 Å². The minimum atomic E-state index is -0.0671. The van der Waals surface area contributed by atoms with Crippen LogP contribution in [0.2, 0.25) is 0 Å². The summed E-state index contributed by atoms with van der Waals surface area (Å²) >= 11 is 0. The van der Waals surface area contributed by atoms with Crippen LogP contribution in [0.15, 0.2) is 0 Å². The number of ether oxygens (including phenoxy) is 1. The first-order valence-corrected chi connectivity index (χ1v) is 7.15. The Kier molecular flexibility index (Phi) is 4.62. The maximum Gasteiger partial charge on any atom is 0.237 e. The minimum absolute atomic E-state index is 0.0671. The summed E-state index contributed by atoms with van der Waals surface area (Å²) in [6.45, 7) is 5.35. The SMILES string of the molecule is COC1CNC(C(=O)NC2CC(C)CC(C)C2)C1. The Labute approximate surface area is 110 Å². The van der Waals surface area contributed by atoms with E-state index in [1.165, 1.54) is 6.42 Å². The molecule has 2 aliphatic rings. The molecule has 4 atom stereocenters. The van der Waals surface area contributed by atoms with Crippen molar-refractivity contribution in [2.75, 3.05) is 13.7 Å². The van der Waals surface area contributed by atoms with Gasteiger partial charge in [-0.15, -0.1) is 0 Å². The highest BCUT2D eigenvalue weighted by atomic mass is 16.5. The van der Waals surface area contributed by atoms with Crippen LogP contribution in [0.3, 0.4) is 0 Å². The number of hydrogen-bond donors (Lipinski definition) is 2. The number of hydrogen-bond acceptors (Lipinski definition) is 3. The van der Waals surface area contributed by atoms with Crippen molar-refractivity contribution in [3.63, 3.8) is 0 Å². The van der Waals surface area contributed by atoms with E-state index < -0.39 is 0 Å². The lowest BCUT2D eigenvalue weighted by Gasteiger charge is -2.32. The number of carbonyl (C=O) groups is 1. The van der Waals surface area contributed by atoms with Crippen LogP contribution < -0.4 is 10.6 Å². The molecule has 0 spiro atoms. The van der Waals surface area contributed by atoms with Gasteiger partial charge in [0.15, 0.2) is 0 Å². The zero-order chi connectivity index (χ0) is 13.1. The second kappa shape index (κ2) is 6.02. The molecule has 0 aromatic rings. The van der Waals surface area contributed by atoms with Gasteiger partial charge >= 0.3 is 0 Å². The zero-order valence-electron chi connectivity index (χ0n) is 11.7. The molecule has 2 fully saturated rings. The van der Waals surface area contributed by atoms with Crippen molar-refractivity contribution in [1.29, 1.82) is 0 Å². The van der Waals surface area contributed by atoms with Crippen LogP contribution in [0.5, 0.6) is 0 Å². The summed E-state index contributed by atoms with van der Waals surface area (Å²) in [6.07, 6.45) is 4.51. The van der Waals surface area contributed by atoms with Crippen LogP contribution in [0.4, 0.5) is 0 Å². The van der Waals surface area contributed by atoms with E-state index in [4.69, 9.17) is 4.74 Å². The molecule has 0 bridgehead atoms. The van der Waals surface area contributed by atoms with Crippen molar-refractivity contribution in [1.82, 2.24) is 10.6 Å². The summed E-state index contributed by atoms with van der Waals surface area (Å²) in [5, 5.41) is 6.44. The fourth-order valence-electron chi connectivity index (χ4n) is 3.45. The van der Waals surface area contributed by atoms with Gasteiger partial charge in [-0.3, -0.25) is 4.79 Å². The lowest BCUT2D eigenvalue weighted by Crippen LogP contribution is -2.47. The molecular weight excluding hydrogens is 228 g/mol. The standard InChI is InChI=1S/C14H26N2O2/c1-9-4-10(2)6-11(5-9)16-14(17)13-7-12(18-3)8-15-13/h9-13,15H,4-8H2,1-3H3,(H,16,17). The molecule has 4 unspecified atom stereocenters. The van der Waals surface area contributed by atoms with E-state index >= 15 is 0 Å². The van der Waals surface area contributed by atoms with Crippen LogP contribution in [-0.4, -0.2) is 37.7 Å². The summed E-state index contributed by atoms with van der Waals surface area (Å²) < 4.78 is 5.27. The molecule has 0 aromatic carbocycles. The van der Waals surface area contributed by atoms with E-state index in [1.807, 2.05) is 0 Å². The monoisotopic (exact) mass is 254 g/mol. The van der Waals surface area contributed by atoms with Gasteiger partial charge in [-0.05, 0) is 37.5 Å². The van der Waals surface area contributed by atoms with Gasteiger partial charge in [0.25, 0.3) is 0 Å². The third kappa shape index (κ3) is 3.45. The summed E-state index contributed by atoms with van der Waals surface area (Å²) in [5.41, 5.74) is 0. The number of nitrogens with one attached hydrogen (secondary N) is 2. The molecule has 104 valence electrons. The molecule has 18 heavy (non-hydrogen) atoms. The van der Waals surface area contributed by atoms with E-state index in [2.05, 4.69) is 24.5 Å². The smallest absolute Gasteiger partial charge is 0.237 e. The molecule has 1 amide bonds. The normalized spacial score (nSPS) is 40.7. The average Bonchev–Trinajstić information content (AvgIpc) is 2.75. The highest BCUT2D eigenvalue weighted by Crippen LogP contribution is 2.28. The quantitative estimate of drug-likeness (QED) is 0.798. The molecule has 2 N–H and O–H groups in total. The van der Waals surface area contributed by atoms with E-state index in [9.17, 15) is 4.79 Å². The Hall–Kier alpha value is -0.610. The van der Waals surface area contributed by atoms with Gasteiger partial charge in [0.2, 0.25) is 5.91 Å². The maximum atomic E-state index is 12.2. The van der Waals surface area contributed by atoms with Crippen molar-refractivity contribution in [2.45, 2.75) is 57.7 Å². The Bertz CT molecular complexity index is 286. The highest BCUT2D eigenvalue weighted by molar-refractivity contribution is 5.82. The summed E-state index contributed by atoms with van der Waals surface area (Å²) in [6, 6.07) is 0.294. The van der Waals surface area contributed by atoms with Crippen LogP contribution >= 0.6 is 0 Å². The Morgan fingerprint density at radius 3 is 2.39 bits per heavy atom. The molecular formula is C14H26N2O2. The van der Waals surface area contributed by atoms with Gasteiger partial charge in [-0.2, -0.15) is 0 Å². The van der Waals surface area contributed by atoms with Crippen LogP contribution in [-0.2, 0) is 9.53 Å². The van der Waals surface area contributed by atoms with E-state index in [0.717, 1.165) is 37.6 Å². The predicted octanol–water partition coefficient (Wildman–Crippen LogP) is 1.30. The van der Waals surface area contributed by atoms with Gasteiger partial charge in [0.1, 0.15) is 0 Å². The summed E-state index contributed by atoms with van der Waals surface area (Å²) in [4.78, 5) is 12.2. The van der Waals surface area contributed by atoms with Crippen molar-refractivity contribution in [3.8, 4) is 0 Å². The van der Waals surface area contributed by atoms with E-state index in [-0.39, 0.29) is 18.1 Å². The fourth-order valence-corrected chi connectivity index (χ4v) is 3.45. The average molecular weight is 254 g/mol. The molecule has 1 heterocycles. The first kappa shape index (κ1) is 13.8. The molecule has 4 nitrogen and oxygen atoms in total. The fraction of sp³-hybridized carbons (Fsp3) is 0.929. The van der Waals surface area contributed by atoms with Gasteiger partial charge in [0.05, 0.1) is 12.1 Å². The maximum absolute atomic E-state index is 12.2. The molecule has 1 aliphatic heterocycles. The van der Waals surface area contributed by atoms with E-state index in [1.54, 1.807) is 7.11 Å². The largest absolute Gasteiger partial charge is 0.380 e. The first-order chi connectivity index (χ1) is 8.58. The first-order valence-electron chi connectivity index (χ1n) is 7.15. The number of methoxy groups -OCH3 is 1. The third-order valence-corrected chi connectivity index (χ3v) is 4.27. The second-order valence-electron chi connectivity index (χ2n) is 6.18. The molecule has 1 saturated carbocycles. The van der Waals surface area contributed by atoms with Crippen LogP contribution in [0, 0.1) is 11.8 Å². The Morgan fingerprint density at radius 2 is 1.83 bits per heavy atom. The topological polar surface area (TPSA) is 50.4 Å². The molecule has 0 radical (unpaired) electrons. The number of rotatable bonds is 3. The molecule has 1 saturated heterocycles. The van der Waals surface area contributed by atoms with Gasteiger partial charge < -0.3 is 15.4 Å². The molecule has 4 heteroatoms. The molecule has 0 aromatic heterocycles. The van der Waals surface area contributed by atoms with E-state index in [0.29, 0.717) is 6.04 Å². The van der Waals surface area contributed by atoms with Crippen molar-refractivity contribution >= 4 is 5.91 Å². The van der Waals surface area contributed by atoms with Gasteiger partial charge in [-0.1, -0.05) is 13.8 Å². The molecule has 2 rings (SSSR count). The third-order valence-electron chi connectivity index (χ3n) is 4.27. The van der Waals surface area contributed by atoms with Gasteiger partial charge in [-0.25, -0.2) is 0 Å². The lowest BCUT2D eigenvalue weighted by molar-refractivity contribution is -0.124. The van der Waals surface area contributed by atoms with Crippen molar-refractivity contribution in [3.05, 3.63) is 0 Å². The van der Waals surface area contributed by atoms with Gasteiger partial charge in [0, 0.05) is 19.7 Å². The number of carbonyl (C=O) groups excluding carboxylic acids is 1. The highest BCUT2D eigenvalue weighted by Gasteiger charge is 2.32. The predicted molar refractivity (Wildman–Crippen MR) is 71.3 cm³/mol. The number of amides is 1. The zero-order valence-corrected chi connectivity index (χ0v) is 11.7. The second-order valence-corrected chi connectivity index (χ2v) is 6.18. The van der Waals surface area contributed by atoms with Crippen LogP contribution in [0.1, 0.15) is 39.5 Å². The lowest BCUT2D eigenvalue weighted by atomic mass is 9.80.